The number of para-hydroxylation sites is 1. The molecule has 8 rings (SSSR count). The zero-order chi connectivity index (χ0) is 49.0. The number of methoxy groups -OCH3 is 1. The van der Waals surface area contributed by atoms with Crippen LogP contribution in [-0.2, 0) is 25.7 Å². The van der Waals surface area contributed by atoms with E-state index in [0.717, 1.165) is 56.7 Å². The first kappa shape index (κ1) is 48.9. The summed E-state index contributed by atoms with van der Waals surface area (Å²) in [5.74, 6) is -0.460. The first-order valence-electron chi connectivity index (χ1n) is 23.2. The van der Waals surface area contributed by atoms with E-state index >= 15 is 0 Å². The predicted octanol–water partition coefficient (Wildman–Crippen LogP) is 7.48. The topological polar surface area (TPSA) is 198 Å². The molecule has 69 heavy (non-hydrogen) atoms. The highest BCUT2D eigenvalue weighted by atomic mass is 35.5. The number of carbonyl (C=O) groups is 4. The quantitative estimate of drug-likeness (QED) is 0.0684. The fourth-order valence-electron chi connectivity index (χ4n) is 9.11. The van der Waals surface area contributed by atoms with Gasteiger partial charge in [0.15, 0.2) is 0 Å². The molecule has 0 aliphatic carbocycles. The van der Waals surface area contributed by atoms with Crippen LogP contribution >= 0.6 is 22.9 Å². The molecule has 18 heteroatoms. The number of nitrogens with one attached hydrogen (secondary N) is 4. The highest BCUT2D eigenvalue weighted by Gasteiger charge is 2.44. The number of ether oxygens (including phenoxy) is 1. The molecule has 16 nitrogen and oxygen atoms in total. The van der Waals surface area contributed by atoms with E-state index < -0.39 is 35.4 Å². The Hall–Kier alpha value is -6.56. The number of aromatic amines is 1. The maximum absolute atomic E-state index is 14.2. The second kappa shape index (κ2) is 21.0. The lowest BCUT2D eigenvalue weighted by Crippen LogP contribution is -2.57. The third kappa shape index (κ3) is 11.2. The van der Waals surface area contributed by atoms with E-state index in [9.17, 15) is 24.3 Å². The van der Waals surface area contributed by atoms with E-state index in [-0.39, 0.29) is 50.2 Å². The van der Waals surface area contributed by atoms with Gasteiger partial charge in [0.25, 0.3) is 0 Å². The lowest BCUT2D eigenvalue weighted by atomic mass is 9.85. The molecule has 3 atom stereocenters. The molecule has 362 valence electrons. The minimum absolute atomic E-state index is 0.0194. The van der Waals surface area contributed by atoms with E-state index in [1.165, 1.54) is 4.90 Å². The van der Waals surface area contributed by atoms with Crippen molar-refractivity contribution in [1.82, 2.24) is 40.4 Å². The van der Waals surface area contributed by atoms with Gasteiger partial charge in [-0.1, -0.05) is 74.8 Å². The molecule has 0 saturated carbocycles. The van der Waals surface area contributed by atoms with Crippen LogP contribution in [0, 0.1) is 12.3 Å². The van der Waals surface area contributed by atoms with Crippen LogP contribution in [0.3, 0.4) is 0 Å². The number of anilines is 3. The Kier molecular flexibility index (Phi) is 14.9. The molecule has 3 aromatic heterocycles. The van der Waals surface area contributed by atoms with Crippen molar-refractivity contribution in [3.63, 3.8) is 0 Å². The summed E-state index contributed by atoms with van der Waals surface area (Å²) in [5, 5.41) is 21.2. The average molecular weight is 976 g/mol. The molecule has 4 amide bonds. The van der Waals surface area contributed by atoms with Gasteiger partial charge in [-0.25, -0.2) is 15.0 Å². The van der Waals surface area contributed by atoms with Gasteiger partial charge in [0.05, 0.1) is 51.9 Å². The van der Waals surface area contributed by atoms with E-state index in [0.29, 0.717) is 41.2 Å². The molecule has 0 bridgehead atoms. The molecule has 5 N–H and O–H groups in total. The third-order valence-electron chi connectivity index (χ3n) is 13.1. The molecule has 5 heterocycles. The second-order valence-corrected chi connectivity index (χ2v) is 20.1. The number of nitrogens with zero attached hydrogens (tertiary/aromatic N) is 6. The van der Waals surface area contributed by atoms with E-state index in [1.54, 1.807) is 36.6 Å². The number of H-pyrrole nitrogens is 1. The number of halogens is 1. The first-order chi connectivity index (χ1) is 33.1. The van der Waals surface area contributed by atoms with Crippen molar-refractivity contribution >= 4 is 74.8 Å². The molecule has 3 aromatic carbocycles. The maximum Gasteiger partial charge on any atom is 0.246 e. The molecule has 1 unspecified atom stereocenters. The van der Waals surface area contributed by atoms with Crippen molar-refractivity contribution < 1.29 is 29.0 Å². The van der Waals surface area contributed by atoms with Gasteiger partial charge >= 0.3 is 0 Å². The Morgan fingerprint density at radius 1 is 1.03 bits per heavy atom. The minimum Gasteiger partial charge on any atom is -0.494 e. The summed E-state index contributed by atoms with van der Waals surface area (Å²) < 4.78 is 5.80. The van der Waals surface area contributed by atoms with Gasteiger partial charge < -0.3 is 45.5 Å². The number of rotatable bonds is 15. The minimum atomic E-state index is -0.997. The van der Waals surface area contributed by atoms with Gasteiger partial charge in [-0.3, -0.25) is 19.2 Å². The second-order valence-electron chi connectivity index (χ2n) is 18.8. The number of aliphatic hydroxyl groups is 1. The molecule has 6 aromatic rings. The smallest absolute Gasteiger partial charge is 0.246 e. The number of amides is 4. The van der Waals surface area contributed by atoms with Gasteiger partial charge in [0, 0.05) is 92.9 Å². The lowest BCUT2D eigenvalue weighted by molar-refractivity contribution is -0.144. The van der Waals surface area contributed by atoms with Crippen molar-refractivity contribution in [2.24, 2.45) is 5.41 Å². The number of likely N-dealkylation sites (tertiary alicyclic amines) is 1. The average Bonchev–Trinajstić information content (AvgIpc) is 4.10. The van der Waals surface area contributed by atoms with E-state index in [1.807, 2.05) is 106 Å². The van der Waals surface area contributed by atoms with Gasteiger partial charge in [-0.05, 0) is 54.5 Å². The summed E-state index contributed by atoms with van der Waals surface area (Å²) in [7, 11) is 3.39. The number of fused-ring (bicyclic) bond motifs is 1. The van der Waals surface area contributed by atoms with Gasteiger partial charge in [-0.2, -0.15) is 0 Å². The van der Waals surface area contributed by atoms with Crippen molar-refractivity contribution in [3.8, 4) is 27.4 Å². The number of benzene rings is 3. The Labute approximate surface area is 410 Å². The van der Waals surface area contributed by atoms with E-state index in [2.05, 4.69) is 35.8 Å². The number of aryl methyl sites for hydroxylation is 1. The predicted molar refractivity (Wildman–Crippen MR) is 269 cm³/mol. The maximum atomic E-state index is 14.2. The summed E-state index contributed by atoms with van der Waals surface area (Å²) in [5.41, 5.74) is 8.09. The lowest BCUT2D eigenvalue weighted by Gasteiger charge is -2.38. The fraction of sp³-hybridized carbons (Fsp3) is 0.392. The number of hydrogen-bond acceptors (Lipinski definition) is 12. The highest BCUT2D eigenvalue weighted by molar-refractivity contribution is 7.13. The first-order valence-corrected chi connectivity index (χ1v) is 24.4. The zero-order valence-corrected chi connectivity index (χ0v) is 41.3. The van der Waals surface area contributed by atoms with Crippen LogP contribution in [0.25, 0.3) is 32.6 Å². The summed E-state index contributed by atoms with van der Waals surface area (Å²) in [6.07, 6.45) is 3.97. The summed E-state index contributed by atoms with van der Waals surface area (Å²) in [4.78, 5) is 77.9. The molecular weight excluding hydrogens is 916 g/mol. The van der Waals surface area contributed by atoms with Crippen molar-refractivity contribution in [1.29, 1.82) is 0 Å². The van der Waals surface area contributed by atoms with Crippen LogP contribution in [0.5, 0.6) is 5.75 Å². The number of aromatic nitrogens is 4. The van der Waals surface area contributed by atoms with Crippen molar-refractivity contribution in [2.45, 2.75) is 90.6 Å². The summed E-state index contributed by atoms with van der Waals surface area (Å²) >= 11 is 8.14. The normalized spacial score (nSPS) is 16.9. The molecular formula is C51H59ClN10O6S. The van der Waals surface area contributed by atoms with Crippen LogP contribution in [0.4, 0.5) is 17.3 Å². The van der Waals surface area contributed by atoms with Crippen LogP contribution in [0.1, 0.15) is 64.1 Å². The van der Waals surface area contributed by atoms with Gasteiger partial charge in [0.2, 0.25) is 29.6 Å². The Morgan fingerprint density at radius 2 is 1.78 bits per heavy atom. The van der Waals surface area contributed by atoms with E-state index in [4.69, 9.17) is 21.3 Å². The Balaban J connectivity index is 0.814. The SMILES string of the molecule is COc1cc(N2CCC(N(C)C(=O)CCC(=O)NC(C(=O)N3C[C@H](O)C[C@H]3C(=O)NCc3ccc(-c4scnc4C)cc3)C(C)(C)C)CC2)ccc1Nc1ncc(Cl)c(-c2c[nH]c3ccccc23)n1. The molecule has 2 aliphatic rings. The van der Waals surface area contributed by atoms with Crippen LogP contribution in [-0.4, -0.2) is 116 Å². The number of carbonyl (C=O) groups excluding carboxylic acids is 4. The largest absolute Gasteiger partial charge is 0.494 e. The Bertz CT molecular complexity index is 2820. The van der Waals surface area contributed by atoms with Crippen LogP contribution in [0.15, 0.2) is 84.6 Å². The van der Waals surface area contributed by atoms with Crippen molar-refractivity contribution in [2.75, 3.05) is 44.0 Å². The zero-order valence-electron chi connectivity index (χ0n) is 39.7. The fourth-order valence-corrected chi connectivity index (χ4v) is 10.1. The number of aliphatic hydroxyl groups excluding tert-OH is 1. The molecule has 2 fully saturated rings. The monoisotopic (exact) mass is 974 g/mol. The number of thiazole rings is 1. The summed E-state index contributed by atoms with van der Waals surface area (Å²) in [6.45, 7) is 9.08. The number of piperidine rings is 1. The Morgan fingerprint density at radius 3 is 2.49 bits per heavy atom. The standard InChI is InChI=1S/C51H59ClN10O6S/c1-30-46(69-29-56-30)32-13-11-31(12-14-32)25-54-48(66)41-24-35(63)28-62(41)49(67)47(51(2,3)4)58-43(64)17-18-44(65)60(5)33-19-21-61(22-20-33)34-15-16-40(42(23-34)68-6)57-50-55-27-38(52)45(59-50)37-26-53-39-10-8-7-9-36(37)39/h7-16,23,26-27,29,33,35,41,47,53,63H,17-22,24-25,28H2,1-6H3,(H,54,66)(H,58,64)(H,55,57,59)/t35-,41+,47?/m1/s1. The van der Waals surface area contributed by atoms with Gasteiger partial charge in [0.1, 0.15) is 17.8 Å². The van der Waals surface area contributed by atoms with Gasteiger partial charge in [-0.15, -0.1) is 11.3 Å². The van der Waals surface area contributed by atoms with Crippen LogP contribution in [0.2, 0.25) is 5.02 Å². The van der Waals surface area contributed by atoms with Crippen molar-refractivity contribution in [3.05, 3.63) is 101 Å². The molecule has 2 saturated heterocycles. The van der Waals surface area contributed by atoms with Crippen LogP contribution < -0.4 is 25.6 Å². The number of β-amino-alcohol motifs (C(OH)–C–C–N with tert-alkyl or cyclic N) is 1. The number of hydrogen-bond donors (Lipinski definition) is 5. The molecule has 0 spiro atoms. The highest BCUT2D eigenvalue weighted by Crippen LogP contribution is 2.36. The molecule has 2 aliphatic heterocycles. The molecule has 0 radical (unpaired) electrons. The third-order valence-corrected chi connectivity index (χ3v) is 14.3. The summed E-state index contributed by atoms with van der Waals surface area (Å²) in [6, 6.07) is 19.8.